The minimum atomic E-state index is 0.572. The summed E-state index contributed by atoms with van der Waals surface area (Å²) in [5.41, 5.74) is 12.7. The molecule has 0 amide bonds. The molecule has 0 aliphatic carbocycles. The van der Waals surface area contributed by atoms with Gasteiger partial charge < -0.3 is 10.3 Å². The number of imidazole rings is 1. The van der Waals surface area contributed by atoms with Gasteiger partial charge >= 0.3 is 0 Å². The van der Waals surface area contributed by atoms with Crippen LogP contribution in [0.5, 0.6) is 0 Å². The van der Waals surface area contributed by atoms with Crippen LogP contribution in [0.2, 0.25) is 0 Å². The van der Waals surface area contributed by atoms with Crippen LogP contribution >= 0.6 is 0 Å². The molecule has 0 saturated carbocycles. The lowest BCUT2D eigenvalue weighted by atomic mass is 10.1. The highest BCUT2D eigenvalue weighted by atomic mass is 15.1. The number of para-hydroxylation sites is 2. The zero-order chi connectivity index (χ0) is 17.2. The Labute approximate surface area is 147 Å². The number of aryl methyl sites for hydroxylation is 1. The molecule has 0 atom stereocenters. The van der Waals surface area contributed by atoms with Gasteiger partial charge in [0.05, 0.1) is 11.0 Å². The number of nitrogens with two attached hydrogens (primary N) is 1. The second kappa shape index (κ2) is 6.54. The summed E-state index contributed by atoms with van der Waals surface area (Å²) in [5, 5.41) is 0. The van der Waals surface area contributed by atoms with E-state index in [-0.39, 0.29) is 0 Å². The van der Waals surface area contributed by atoms with Gasteiger partial charge in [-0.3, -0.25) is 0 Å². The van der Waals surface area contributed by atoms with Gasteiger partial charge in [0.1, 0.15) is 5.82 Å². The molecule has 0 unspecified atom stereocenters. The molecule has 0 bridgehead atoms. The zero-order valence-corrected chi connectivity index (χ0v) is 14.3. The molecule has 0 saturated heterocycles. The molecule has 2 N–H and O–H groups in total. The van der Waals surface area contributed by atoms with Crippen LogP contribution in [-0.4, -0.2) is 9.55 Å². The molecule has 0 aliphatic rings. The second-order valence-electron chi connectivity index (χ2n) is 6.35. The molecule has 3 nitrogen and oxygen atoms in total. The number of hydrogen-bond donors (Lipinski definition) is 1. The molecule has 124 valence electrons. The summed E-state index contributed by atoms with van der Waals surface area (Å²) in [7, 11) is 0. The highest BCUT2D eigenvalue weighted by Gasteiger charge is 2.14. The summed E-state index contributed by atoms with van der Waals surface area (Å²) in [6.45, 7) is 3.49. The van der Waals surface area contributed by atoms with Crippen molar-refractivity contribution in [3.8, 4) is 11.4 Å². The summed E-state index contributed by atoms with van der Waals surface area (Å²) >= 11 is 0. The first kappa shape index (κ1) is 15.6. The quantitative estimate of drug-likeness (QED) is 0.599. The lowest BCUT2D eigenvalue weighted by Crippen LogP contribution is -2.03. The van der Waals surface area contributed by atoms with Crippen molar-refractivity contribution in [2.45, 2.75) is 20.0 Å². The molecule has 4 aromatic rings. The molecular formula is C22H21N3. The number of fused-ring (bicyclic) bond motifs is 1. The van der Waals surface area contributed by atoms with Crippen molar-refractivity contribution in [3.05, 3.63) is 89.5 Å². The second-order valence-corrected chi connectivity index (χ2v) is 6.35. The normalized spacial score (nSPS) is 11.1. The monoisotopic (exact) mass is 327 g/mol. The van der Waals surface area contributed by atoms with Crippen molar-refractivity contribution in [1.82, 2.24) is 9.55 Å². The molecule has 4 rings (SSSR count). The molecule has 3 heteroatoms. The molecule has 0 aliphatic heterocycles. The average Bonchev–Trinajstić information content (AvgIpc) is 3.01. The SMILES string of the molecule is Cc1ccccc1-c1nc2ccccc2n1Cc1ccc(CN)cc1. The van der Waals surface area contributed by atoms with E-state index in [1.54, 1.807) is 0 Å². The first-order chi connectivity index (χ1) is 12.3. The highest BCUT2D eigenvalue weighted by Crippen LogP contribution is 2.28. The largest absolute Gasteiger partial charge is 0.326 e. The van der Waals surface area contributed by atoms with E-state index in [1.165, 1.54) is 16.7 Å². The maximum absolute atomic E-state index is 5.71. The van der Waals surface area contributed by atoms with Crippen molar-refractivity contribution in [3.63, 3.8) is 0 Å². The third kappa shape index (κ3) is 2.94. The fourth-order valence-corrected chi connectivity index (χ4v) is 3.23. The predicted molar refractivity (Wildman–Crippen MR) is 103 cm³/mol. The van der Waals surface area contributed by atoms with Crippen LogP contribution in [0.25, 0.3) is 22.4 Å². The first-order valence-corrected chi connectivity index (χ1v) is 8.55. The van der Waals surface area contributed by atoms with E-state index in [1.807, 2.05) is 6.07 Å². The minimum Gasteiger partial charge on any atom is -0.326 e. The Morgan fingerprint density at radius 3 is 2.28 bits per heavy atom. The third-order valence-electron chi connectivity index (χ3n) is 4.64. The first-order valence-electron chi connectivity index (χ1n) is 8.55. The van der Waals surface area contributed by atoms with Crippen LogP contribution < -0.4 is 5.73 Å². The summed E-state index contributed by atoms with van der Waals surface area (Å²) in [6.07, 6.45) is 0. The highest BCUT2D eigenvalue weighted by molar-refractivity contribution is 5.81. The number of rotatable bonds is 4. The molecular weight excluding hydrogens is 306 g/mol. The fourth-order valence-electron chi connectivity index (χ4n) is 3.23. The van der Waals surface area contributed by atoms with Gasteiger partial charge in [0, 0.05) is 18.7 Å². The fraction of sp³-hybridized carbons (Fsp3) is 0.136. The van der Waals surface area contributed by atoms with E-state index >= 15 is 0 Å². The maximum Gasteiger partial charge on any atom is 0.141 e. The minimum absolute atomic E-state index is 0.572. The van der Waals surface area contributed by atoms with Crippen molar-refractivity contribution in [2.24, 2.45) is 5.73 Å². The van der Waals surface area contributed by atoms with Crippen LogP contribution in [0.3, 0.4) is 0 Å². The number of aromatic nitrogens is 2. The number of benzene rings is 3. The van der Waals surface area contributed by atoms with E-state index in [0.29, 0.717) is 6.54 Å². The molecule has 3 aromatic carbocycles. The predicted octanol–water partition coefficient (Wildman–Crippen LogP) is 4.52. The van der Waals surface area contributed by atoms with Gasteiger partial charge in [0.25, 0.3) is 0 Å². The van der Waals surface area contributed by atoms with Crippen LogP contribution in [0, 0.1) is 6.92 Å². The lowest BCUT2D eigenvalue weighted by molar-refractivity contribution is 0.832. The molecule has 0 spiro atoms. The maximum atomic E-state index is 5.71. The Morgan fingerprint density at radius 2 is 1.52 bits per heavy atom. The summed E-state index contributed by atoms with van der Waals surface area (Å²) in [6, 6.07) is 25.2. The lowest BCUT2D eigenvalue weighted by Gasteiger charge is -2.12. The average molecular weight is 327 g/mol. The van der Waals surface area contributed by atoms with Crippen LogP contribution in [0.1, 0.15) is 16.7 Å². The number of nitrogens with zero attached hydrogens (tertiary/aromatic N) is 2. The zero-order valence-electron chi connectivity index (χ0n) is 14.3. The van der Waals surface area contributed by atoms with Crippen LogP contribution in [-0.2, 0) is 13.1 Å². The van der Waals surface area contributed by atoms with Gasteiger partial charge in [-0.1, -0.05) is 60.7 Å². The number of hydrogen-bond acceptors (Lipinski definition) is 2. The Morgan fingerprint density at radius 1 is 0.840 bits per heavy atom. The molecule has 1 aromatic heterocycles. The third-order valence-corrected chi connectivity index (χ3v) is 4.64. The van der Waals surface area contributed by atoms with Gasteiger partial charge in [-0.15, -0.1) is 0 Å². The van der Waals surface area contributed by atoms with Crippen molar-refractivity contribution in [2.75, 3.05) is 0 Å². The van der Waals surface area contributed by atoms with Crippen molar-refractivity contribution in [1.29, 1.82) is 0 Å². The summed E-state index contributed by atoms with van der Waals surface area (Å²) in [4.78, 5) is 4.92. The van der Waals surface area contributed by atoms with Gasteiger partial charge in [0.2, 0.25) is 0 Å². The van der Waals surface area contributed by atoms with Crippen molar-refractivity contribution >= 4 is 11.0 Å². The summed E-state index contributed by atoms with van der Waals surface area (Å²) < 4.78 is 2.30. The Kier molecular flexibility index (Phi) is 4.08. The molecule has 0 fully saturated rings. The van der Waals surface area contributed by atoms with Crippen LogP contribution in [0.15, 0.2) is 72.8 Å². The van der Waals surface area contributed by atoms with E-state index in [9.17, 15) is 0 Å². The van der Waals surface area contributed by atoms with Crippen molar-refractivity contribution < 1.29 is 0 Å². The molecule has 25 heavy (non-hydrogen) atoms. The van der Waals surface area contributed by atoms with E-state index in [0.717, 1.165) is 29.0 Å². The molecule has 0 radical (unpaired) electrons. The Balaban J connectivity index is 1.86. The Hall–Kier alpha value is -2.91. The topological polar surface area (TPSA) is 43.8 Å². The Bertz CT molecular complexity index is 1010. The summed E-state index contributed by atoms with van der Waals surface area (Å²) in [5.74, 6) is 1.02. The standard InChI is InChI=1S/C22H21N3/c1-16-6-2-3-7-19(16)22-24-20-8-4-5-9-21(20)25(22)15-18-12-10-17(14-23)11-13-18/h2-13H,14-15,23H2,1H3. The van der Waals surface area contributed by atoms with Gasteiger partial charge in [0.15, 0.2) is 0 Å². The van der Waals surface area contributed by atoms with Gasteiger partial charge in [-0.2, -0.15) is 0 Å². The van der Waals surface area contributed by atoms with Gasteiger partial charge in [-0.25, -0.2) is 4.98 Å². The van der Waals surface area contributed by atoms with E-state index < -0.39 is 0 Å². The van der Waals surface area contributed by atoms with Gasteiger partial charge in [-0.05, 0) is 35.7 Å². The van der Waals surface area contributed by atoms with Crippen LogP contribution in [0.4, 0.5) is 0 Å². The molecule has 1 heterocycles. The smallest absolute Gasteiger partial charge is 0.141 e. The van der Waals surface area contributed by atoms with E-state index in [4.69, 9.17) is 10.7 Å². The van der Waals surface area contributed by atoms with E-state index in [2.05, 4.69) is 78.2 Å².